The van der Waals surface area contributed by atoms with E-state index in [1.807, 2.05) is 6.07 Å². The zero-order chi connectivity index (χ0) is 8.97. The molecule has 3 nitrogen and oxygen atoms in total. The molecule has 0 unspecified atom stereocenters. The highest BCUT2D eigenvalue weighted by molar-refractivity contribution is 14.1. The molecule has 0 fully saturated rings. The summed E-state index contributed by atoms with van der Waals surface area (Å²) in [5.41, 5.74) is 0.907. The Morgan fingerprint density at radius 2 is 2.50 bits per heavy atom. The Hall–Kier alpha value is -0.650. The molecule has 0 saturated carbocycles. The van der Waals surface area contributed by atoms with E-state index in [1.54, 1.807) is 12.3 Å². The summed E-state index contributed by atoms with van der Waals surface area (Å²) in [6.07, 6.45) is 1.99. The van der Waals surface area contributed by atoms with Gasteiger partial charge in [-0.1, -0.05) is 6.07 Å². The van der Waals surface area contributed by atoms with E-state index < -0.39 is 0 Å². The summed E-state index contributed by atoms with van der Waals surface area (Å²) in [5.74, 6) is -0.235. The molecule has 0 radical (unpaired) electrons. The van der Waals surface area contributed by atoms with Gasteiger partial charge in [0.25, 0.3) is 0 Å². The smallest absolute Gasteiger partial charge is 0.310 e. The first-order valence-electron chi connectivity index (χ1n) is 3.40. The maximum absolute atomic E-state index is 10.9. The average Bonchev–Trinajstić information content (AvgIpc) is 2.09. The first-order valence-corrected chi connectivity index (χ1v) is 4.48. The Balaban J connectivity index is 2.75. The van der Waals surface area contributed by atoms with Crippen LogP contribution < -0.4 is 0 Å². The molecular formula is C8H8INO2. The maximum atomic E-state index is 10.9. The lowest BCUT2D eigenvalue weighted by Crippen LogP contribution is -2.06. The number of methoxy groups -OCH3 is 1. The highest BCUT2D eigenvalue weighted by Gasteiger charge is 2.05. The molecule has 12 heavy (non-hydrogen) atoms. The number of esters is 1. The van der Waals surface area contributed by atoms with Crippen LogP contribution in [-0.2, 0) is 16.0 Å². The number of rotatable bonds is 2. The third kappa shape index (κ3) is 2.44. The Labute approximate surface area is 84.3 Å². The zero-order valence-corrected chi connectivity index (χ0v) is 8.74. The van der Waals surface area contributed by atoms with Gasteiger partial charge in [0, 0.05) is 6.20 Å². The monoisotopic (exact) mass is 277 g/mol. The minimum absolute atomic E-state index is 0.235. The van der Waals surface area contributed by atoms with Crippen molar-refractivity contribution in [3.05, 3.63) is 27.6 Å². The summed E-state index contributed by atoms with van der Waals surface area (Å²) in [4.78, 5) is 14.9. The largest absolute Gasteiger partial charge is 0.469 e. The van der Waals surface area contributed by atoms with E-state index in [1.165, 1.54) is 7.11 Å². The molecule has 1 rings (SSSR count). The summed E-state index contributed by atoms with van der Waals surface area (Å²) >= 11 is 2.09. The van der Waals surface area contributed by atoms with Crippen molar-refractivity contribution < 1.29 is 9.53 Å². The summed E-state index contributed by atoms with van der Waals surface area (Å²) in [7, 11) is 1.38. The van der Waals surface area contributed by atoms with Crippen LogP contribution in [0.3, 0.4) is 0 Å². The van der Waals surface area contributed by atoms with Crippen LogP contribution in [0.5, 0.6) is 0 Å². The van der Waals surface area contributed by atoms with Crippen molar-refractivity contribution in [2.45, 2.75) is 6.42 Å². The predicted molar refractivity (Wildman–Crippen MR) is 52.7 cm³/mol. The van der Waals surface area contributed by atoms with E-state index in [0.717, 1.165) is 9.26 Å². The molecular weight excluding hydrogens is 269 g/mol. The highest BCUT2D eigenvalue weighted by atomic mass is 127. The Morgan fingerprint density at radius 1 is 1.75 bits per heavy atom. The number of halogens is 1. The summed E-state index contributed by atoms with van der Waals surface area (Å²) in [5, 5.41) is 0. The third-order valence-corrected chi connectivity index (χ3v) is 2.37. The first-order chi connectivity index (χ1) is 5.74. The van der Waals surface area contributed by atoms with Crippen LogP contribution in [0.25, 0.3) is 0 Å². The van der Waals surface area contributed by atoms with Gasteiger partial charge < -0.3 is 4.74 Å². The highest BCUT2D eigenvalue weighted by Crippen LogP contribution is 2.08. The lowest BCUT2D eigenvalue weighted by molar-refractivity contribution is -0.139. The van der Waals surface area contributed by atoms with Gasteiger partial charge in [0.15, 0.2) is 0 Å². The normalized spacial score (nSPS) is 9.50. The quantitative estimate of drug-likeness (QED) is 0.466. The fourth-order valence-electron chi connectivity index (χ4n) is 0.779. The second-order valence-corrected chi connectivity index (χ2v) is 3.23. The van der Waals surface area contributed by atoms with Gasteiger partial charge >= 0.3 is 5.97 Å². The summed E-state index contributed by atoms with van der Waals surface area (Å²) in [6, 6.07) is 3.67. The lowest BCUT2D eigenvalue weighted by atomic mass is 10.2. The molecule has 4 heteroatoms. The van der Waals surface area contributed by atoms with Crippen molar-refractivity contribution >= 4 is 28.6 Å². The van der Waals surface area contributed by atoms with Crippen molar-refractivity contribution in [2.24, 2.45) is 0 Å². The fourth-order valence-corrected chi connectivity index (χ4v) is 1.31. The van der Waals surface area contributed by atoms with Gasteiger partial charge in [0.05, 0.1) is 13.5 Å². The minimum atomic E-state index is -0.235. The molecule has 1 heterocycles. The number of aromatic nitrogens is 1. The molecule has 0 aliphatic carbocycles. The maximum Gasteiger partial charge on any atom is 0.310 e. The fraction of sp³-hybridized carbons (Fsp3) is 0.250. The van der Waals surface area contributed by atoms with E-state index in [2.05, 4.69) is 32.3 Å². The first kappa shape index (κ1) is 9.44. The second kappa shape index (κ2) is 4.39. The van der Waals surface area contributed by atoms with Crippen LogP contribution in [0, 0.1) is 3.70 Å². The minimum Gasteiger partial charge on any atom is -0.469 e. The van der Waals surface area contributed by atoms with Gasteiger partial charge in [0.1, 0.15) is 3.70 Å². The molecule has 0 spiro atoms. The molecule has 0 saturated heterocycles. The second-order valence-electron chi connectivity index (χ2n) is 2.21. The van der Waals surface area contributed by atoms with Crippen molar-refractivity contribution in [2.75, 3.05) is 7.11 Å². The number of carbonyl (C=O) groups is 1. The Kier molecular flexibility index (Phi) is 3.46. The van der Waals surface area contributed by atoms with Gasteiger partial charge in [-0.15, -0.1) is 0 Å². The molecule has 0 amide bonds. The number of hydrogen-bond acceptors (Lipinski definition) is 3. The van der Waals surface area contributed by atoms with E-state index in [4.69, 9.17) is 0 Å². The topological polar surface area (TPSA) is 39.2 Å². The number of pyridine rings is 1. The van der Waals surface area contributed by atoms with E-state index >= 15 is 0 Å². The van der Waals surface area contributed by atoms with E-state index in [0.29, 0.717) is 6.42 Å². The predicted octanol–water partition coefficient (Wildman–Crippen LogP) is 1.40. The molecule has 64 valence electrons. The van der Waals surface area contributed by atoms with E-state index in [-0.39, 0.29) is 5.97 Å². The zero-order valence-electron chi connectivity index (χ0n) is 6.58. The molecule has 1 aromatic rings. The third-order valence-electron chi connectivity index (χ3n) is 1.40. The Morgan fingerprint density at radius 3 is 3.08 bits per heavy atom. The molecule has 1 aromatic heterocycles. The van der Waals surface area contributed by atoms with Gasteiger partial charge in [-0.3, -0.25) is 9.78 Å². The average molecular weight is 277 g/mol. The van der Waals surface area contributed by atoms with E-state index in [9.17, 15) is 4.79 Å². The van der Waals surface area contributed by atoms with Crippen molar-refractivity contribution in [1.82, 2.24) is 4.98 Å². The summed E-state index contributed by atoms with van der Waals surface area (Å²) < 4.78 is 5.39. The van der Waals surface area contributed by atoms with Crippen LogP contribution in [0.1, 0.15) is 5.56 Å². The van der Waals surface area contributed by atoms with Crippen LogP contribution in [0.15, 0.2) is 18.3 Å². The van der Waals surface area contributed by atoms with Crippen LogP contribution in [0.2, 0.25) is 0 Å². The molecule has 0 aliphatic heterocycles. The number of nitrogens with zero attached hydrogens (tertiary/aromatic N) is 1. The van der Waals surface area contributed by atoms with Gasteiger partial charge in [-0.25, -0.2) is 0 Å². The van der Waals surface area contributed by atoms with Gasteiger partial charge in [-0.2, -0.15) is 0 Å². The lowest BCUT2D eigenvalue weighted by Gasteiger charge is -2.00. The summed E-state index contributed by atoms with van der Waals surface area (Å²) in [6.45, 7) is 0. The van der Waals surface area contributed by atoms with Crippen LogP contribution in [-0.4, -0.2) is 18.1 Å². The molecule has 0 bridgehead atoms. The standard InChI is InChI=1S/C8H8INO2/c1-12-7(11)5-6-3-2-4-10-8(6)9/h2-4H,5H2,1H3. The number of ether oxygens (including phenoxy) is 1. The molecule has 0 atom stereocenters. The Bertz CT molecular complexity index is 288. The number of carbonyl (C=O) groups excluding carboxylic acids is 1. The van der Waals surface area contributed by atoms with Crippen molar-refractivity contribution in [3.63, 3.8) is 0 Å². The van der Waals surface area contributed by atoms with Crippen LogP contribution >= 0.6 is 22.6 Å². The van der Waals surface area contributed by atoms with Crippen LogP contribution in [0.4, 0.5) is 0 Å². The number of hydrogen-bond donors (Lipinski definition) is 0. The molecule has 0 N–H and O–H groups in total. The van der Waals surface area contributed by atoms with Gasteiger partial charge in [0.2, 0.25) is 0 Å². The van der Waals surface area contributed by atoms with Gasteiger partial charge in [-0.05, 0) is 34.2 Å². The van der Waals surface area contributed by atoms with Crippen molar-refractivity contribution in [1.29, 1.82) is 0 Å². The van der Waals surface area contributed by atoms with Crippen molar-refractivity contribution in [3.8, 4) is 0 Å². The SMILES string of the molecule is COC(=O)Cc1cccnc1I. The molecule has 0 aromatic carbocycles. The molecule has 0 aliphatic rings.